The molecule has 1 unspecified atom stereocenters. The monoisotopic (exact) mass is 288 g/mol. The molecule has 20 heavy (non-hydrogen) atoms. The highest BCUT2D eigenvalue weighted by molar-refractivity contribution is 5.58. The summed E-state index contributed by atoms with van der Waals surface area (Å²) in [6, 6.07) is 4.20. The molecule has 0 bridgehead atoms. The molecule has 112 valence electrons. The quantitative estimate of drug-likeness (QED) is 0.893. The molecule has 1 aromatic rings. The van der Waals surface area contributed by atoms with E-state index in [0.29, 0.717) is 18.7 Å². The summed E-state index contributed by atoms with van der Waals surface area (Å²) in [4.78, 5) is 1.67. The van der Waals surface area contributed by atoms with Gasteiger partial charge in [-0.2, -0.15) is 13.2 Å². The van der Waals surface area contributed by atoms with E-state index in [0.717, 1.165) is 12.8 Å². The highest BCUT2D eigenvalue weighted by atomic mass is 19.4. The minimum Gasteiger partial charge on any atom is -0.394 e. The van der Waals surface area contributed by atoms with Gasteiger partial charge in [0.2, 0.25) is 0 Å². The smallest absolute Gasteiger partial charge is 0.394 e. The van der Waals surface area contributed by atoms with Crippen LogP contribution in [0.2, 0.25) is 0 Å². The second kappa shape index (κ2) is 6.01. The van der Waals surface area contributed by atoms with E-state index in [1.165, 1.54) is 12.1 Å². The lowest BCUT2D eigenvalue weighted by atomic mass is 10.1. The molecule has 0 saturated carbocycles. The van der Waals surface area contributed by atoms with Gasteiger partial charge >= 0.3 is 6.18 Å². The standard InChI is InChI=1S/C14H19F3N2O/c1-18-8-10-4-5-13(12(7-10)14(15,16)17)19-6-2-3-11(19)9-20/h4-5,7,11,18,20H,2-3,6,8-9H2,1H3. The van der Waals surface area contributed by atoms with Gasteiger partial charge in [0.15, 0.2) is 0 Å². The minimum atomic E-state index is -4.39. The van der Waals surface area contributed by atoms with Crippen LogP contribution in [0.25, 0.3) is 0 Å². The lowest BCUT2D eigenvalue weighted by Crippen LogP contribution is -2.33. The first-order chi connectivity index (χ1) is 9.47. The Balaban J connectivity index is 2.41. The van der Waals surface area contributed by atoms with E-state index in [-0.39, 0.29) is 18.3 Å². The average molecular weight is 288 g/mol. The van der Waals surface area contributed by atoms with Crippen LogP contribution >= 0.6 is 0 Å². The van der Waals surface area contributed by atoms with Crippen LogP contribution in [-0.4, -0.2) is 31.3 Å². The summed E-state index contributed by atoms with van der Waals surface area (Å²) in [6.45, 7) is 0.835. The van der Waals surface area contributed by atoms with Gasteiger partial charge < -0.3 is 15.3 Å². The number of anilines is 1. The van der Waals surface area contributed by atoms with E-state index >= 15 is 0 Å². The zero-order chi connectivity index (χ0) is 14.8. The molecule has 1 saturated heterocycles. The zero-order valence-corrected chi connectivity index (χ0v) is 11.4. The number of alkyl halides is 3. The number of nitrogens with one attached hydrogen (secondary N) is 1. The second-order valence-electron chi connectivity index (χ2n) is 5.05. The third-order valence-corrected chi connectivity index (χ3v) is 3.64. The van der Waals surface area contributed by atoms with Gasteiger partial charge in [-0.05, 0) is 37.6 Å². The van der Waals surface area contributed by atoms with Crippen LogP contribution in [0, 0.1) is 0 Å². The maximum atomic E-state index is 13.2. The highest BCUT2D eigenvalue weighted by Crippen LogP contribution is 2.39. The molecule has 0 radical (unpaired) electrons. The Morgan fingerprint density at radius 3 is 2.75 bits per heavy atom. The van der Waals surface area contributed by atoms with Gasteiger partial charge in [-0.25, -0.2) is 0 Å². The van der Waals surface area contributed by atoms with Crippen LogP contribution < -0.4 is 10.2 Å². The van der Waals surface area contributed by atoms with E-state index in [2.05, 4.69) is 5.32 Å². The van der Waals surface area contributed by atoms with Crippen molar-refractivity contribution in [3.63, 3.8) is 0 Å². The van der Waals surface area contributed by atoms with Crippen molar-refractivity contribution < 1.29 is 18.3 Å². The number of aliphatic hydroxyl groups is 1. The molecule has 1 atom stereocenters. The Labute approximate surface area is 116 Å². The van der Waals surface area contributed by atoms with E-state index in [1.54, 1.807) is 18.0 Å². The first-order valence-corrected chi connectivity index (χ1v) is 6.69. The molecule has 1 heterocycles. The fraction of sp³-hybridized carbons (Fsp3) is 0.571. The van der Waals surface area contributed by atoms with Crippen LogP contribution in [0.4, 0.5) is 18.9 Å². The average Bonchev–Trinajstić information content (AvgIpc) is 2.86. The number of hydrogen-bond acceptors (Lipinski definition) is 3. The molecule has 2 N–H and O–H groups in total. The summed E-state index contributed by atoms with van der Waals surface area (Å²) in [6.07, 6.45) is -2.85. The summed E-state index contributed by atoms with van der Waals surface area (Å²) >= 11 is 0. The zero-order valence-electron chi connectivity index (χ0n) is 11.4. The second-order valence-corrected chi connectivity index (χ2v) is 5.05. The van der Waals surface area contributed by atoms with Crippen molar-refractivity contribution in [2.24, 2.45) is 0 Å². The summed E-state index contributed by atoms with van der Waals surface area (Å²) in [5.41, 5.74) is 0.155. The molecule has 0 amide bonds. The van der Waals surface area contributed by atoms with Gasteiger partial charge in [-0.3, -0.25) is 0 Å². The normalized spacial score (nSPS) is 19.6. The maximum Gasteiger partial charge on any atom is 0.418 e. The van der Waals surface area contributed by atoms with Crippen molar-refractivity contribution in [1.29, 1.82) is 0 Å². The molecule has 0 spiro atoms. The van der Waals surface area contributed by atoms with Gasteiger partial charge in [-0.1, -0.05) is 6.07 Å². The lowest BCUT2D eigenvalue weighted by molar-refractivity contribution is -0.137. The Morgan fingerprint density at radius 2 is 2.15 bits per heavy atom. The predicted octanol–water partition coefficient (Wildman–Crippen LogP) is 2.39. The van der Waals surface area contributed by atoms with Crippen LogP contribution in [0.5, 0.6) is 0 Å². The van der Waals surface area contributed by atoms with Gasteiger partial charge in [0.1, 0.15) is 0 Å². The van der Waals surface area contributed by atoms with Crippen LogP contribution in [0.15, 0.2) is 18.2 Å². The summed E-state index contributed by atoms with van der Waals surface area (Å²) in [7, 11) is 1.70. The molecule has 1 aromatic carbocycles. The maximum absolute atomic E-state index is 13.2. The molecule has 0 aromatic heterocycles. The van der Waals surface area contributed by atoms with Crippen LogP contribution in [-0.2, 0) is 12.7 Å². The molecular weight excluding hydrogens is 269 g/mol. The van der Waals surface area contributed by atoms with E-state index in [1.807, 2.05) is 0 Å². The number of halogens is 3. The van der Waals surface area contributed by atoms with Crippen LogP contribution in [0.3, 0.4) is 0 Å². The molecule has 0 aliphatic carbocycles. The topological polar surface area (TPSA) is 35.5 Å². The molecule has 1 fully saturated rings. The molecule has 6 heteroatoms. The fourth-order valence-corrected chi connectivity index (χ4v) is 2.72. The Kier molecular flexibility index (Phi) is 4.55. The largest absolute Gasteiger partial charge is 0.418 e. The Hall–Kier alpha value is -1.27. The molecule has 1 aliphatic heterocycles. The van der Waals surface area contributed by atoms with Crippen molar-refractivity contribution >= 4 is 5.69 Å². The van der Waals surface area contributed by atoms with E-state index in [9.17, 15) is 18.3 Å². The first kappa shape index (κ1) is 15.1. The number of nitrogens with zero attached hydrogens (tertiary/aromatic N) is 1. The Morgan fingerprint density at radius 1 is 1.40 bits per heavy atom. The molecular formula is C14H19F3N2O. The number of rotatable bonds is 4. The van der Waals surface area contributed by atoms with Crippen molar-refractivity contribution in [2.75, 3.05) is 25.1 Å². The first-order valence-electron chi connectivity index (χ1n) is 6.69. The number of aliphatic hydroxyl groups excluding tert-OH is 1. The van der Waals surface area contributed by atoms with Gasteiger partial charge in [0.05, 0.1) is 18.2 Å². The number of hydrogen-bond donors (Lipinski definition) is 2. The molecule has 3 nitrogen and oxygen atoms in total. The van der Waals surface area contributed by atoms with Crippen molar-refractivity contribution in [3.05, 3.63) is 29.3 Å². The third-order valence-electron chi connectivity index (χ3n) is 3.64. The molecule has 1 aliphatic rings. The van der Waals surface area contributed by atoms with Gasteiger partial charge in [0.25, 0.3) is 0 Å². The van der Waals surface area contributed by atoms with E-state index in [4.69, 9.17) is 0 Å². The molecule has 2 rings (SSSR count). The summed E-state index contributed by atoms with van der Waals surface area (Å²) < 4.78 is 39.7. The van der Waals surface area contributed by atoms with E-state index < -0.39 is 11.7 Å². The SMILES string of the molecule is CNCc1ccc(N2CCCC2CO)c(C(F)(F)F)c1. The van der Waals surface area contributed by atoms with Crippen LogP contribution in [0.1, 0.15) is 24.0 Å². The number of benzene rings is 1. The predicted molar refractivity (Wildman–Crippen MR) is 71.7 cm³/mol. The highest BCUT2D eigenvalue weighted by Gasteiger charge is 2.37. The fourth-order valence-electron chi connectivity index (χ4n) is 2.72. The summed E-state index contributed by atoms with van der Waals surface area (Å²) in [5.74, 6) is 0. The van der Waals surface area contributed by atoms with Crippen molar-refractivity contribution in [3.8, 4) is 0 Å². The lowest BCUT2D eigenvalue weighted by Gasteiger charge is -2.28. The van der Waals surface area contributed by atoms with Crippen molar-refractivity contribution in [2.45, 2.75) is 31.6 Å². The van der Waals surface area contributed by atoms with Gasteiger partial charge in [-0.15, -0.1) is 0 Å². The Bertz CT molecular complexity index is 462. The third kappa shape index (κ3) is 3.07. The minimum absolute atomic E-state index is 0.116. The summed E-state index contributed by atoms with van der Waals surface area (Å²) in [5, 5.41) is 12.1. The van der Waals surface area contributed by atoms with Gasteiger partial charge in [0, 0.05) is 18.8 Å². The van der Waals surface area contributed by atoms with Crippen molar-refractivity contribution in [1.82, 2.24) is 5.32 Å².